The summed E-state index contributed by atoms with van der Waals surface area (Å²) in [6.07, 6.45) is 0. The number of ether oxygens (including phenoxy) is 2. The van der Waals surface area contributed by atoms with Crippen LogP contribution in [-0.2, 0) is 10.2 Å². The van der Waals surface area contributed by atoms with E-state index in [4.69, 9.17) is 9.47 Å². The first-order valence-electron chi connectivity index (χ1n) is 10.8. The van der Waals surface area contributed by atoms with E-state index in [-0.39, 0.29) is 40.9 Å². The highest BCUT2D eigenvalue weighted by atomic mass is 32.2. The molecule has 11 nitrogen and oxygen atoms in total. The van der Waals surface area contributed by atoms with Crippen molar-refractivity contribution in [1.29, 1.82) is 0 Å². The van der Waals surface area contributed by atoms with E-state index in [1.807, 2.05) is 32.9 Å². The SMILES string of the molecule is Bc1ccc(NC2=NS(=O)(=O)N=C2N[C@@H](c2ccc3c(c2)OCO3)C(C)(C)C)c(O)c1C(=O)NC. The zero-order valence-electron chi connectivity index (χ0n) is 20.0. The highest BCUT2D eigenvalue weighted by Crippen LogP contribution is 2.39. The van der Waals surface area contributed by atoms with Gasteiger partial charge in [0.2, 0.25) is 6.79 Å². The lowest BCUT2D eigenvalue weighted by atomic mass is 9.82. The topological polar surface area (TPSA) is 151 Å². The van der Waals surface area contributed by atoms with Crippen LogP contribution in [0.5, 0.6) is 17.2 Å². The van der Waals surface area contributed by atoms with Gasteiger partial charge in [-0.3, -0.25) is 4.79 Å². The standard InChI is InChI=1S/C22H26BN5O6S/c1-22(2,3)18(11-5-8-14-15(9-11)34-10-33-14)26-20-19(27-35(31,32)28-20)25-13-7-6-12(23)16(17(13)29)21(30)24-4/h5-9,18,29H,10,23H2,1-4H3,(H,24,30)(H,25,27)(H,26,28)/t18-/m0/s1. The smallest absolute Gasteiger partial charge is 0.367 e. The molecule has 2 aliphatic rings. The van der Waals surface area contributed by atoms with Crippen LogP contribution in [0, 0.1) is 5.41 Å². The van der Waals surface area contributed by atoms with E-state index in [1.54, 1.807) is 20.0 Å². The summed E-state index contributed by atoms with van der Waals surface area (Å²) in [5.74, 6) is 0.280. The number of aromatic hydroxyl groups is 1. The minimum atomic E-state index is -4.15. The minimum absolute atomic E-state index is 0.0240. The normalized spacial score (nSPS) is 16.8. The van der Waals surface area contributed by atoms with Crippen LogP contribution in [0.1, 0.15) is 42.7 Å². The van der Waals surface area contributed by atoms with Crippen LogP contribution < -0.4 is 30.9 Å². The number of anilines is 1. The molecule has 4 rings (SSSR count). The Morgan fingerprint density at radius 3 is 2.49 bits per heavy atom. The Kier molecular flexibility index (Phi) is 6.13. The van der Waals surface area contributed by atoms with Crippen molar-refractivity contribution >= 4 is 46.8 Å². The fraction of sp³-hybridized carbons (Fsp3) is 0.318. The molecule has 2 aromatic carbocycles. The number of phenols is 1. The molecule has 35 heavy (non-hydrogen) atoms. The number of nitrogens with one attached hydrogen (secondary N) is 3. The Bertz CT molecular complexity index is 1370. The molecule has 0 aromatic heterocycles. The van der Waals surface area contributed by atoms with E-state index < -0.39 is 22.2 Å². The van der Waals surface area contributed by atoms with Crippen molar-refractivity contribution in [1.82, 2.24) is 10.6 Å². The molecule has 0 spiro atoms. The number of benzene rings is 2. The quantitative estimate of drug-likeness (QED) is 0.353. The Morgan fingerprint density at radius 2 is 1.80 bits per heavy atom. The number of carbonyl (C=O) groups is 1. The molecule has 1 amide bonds. The van der Waals surface area contributed by atoms with Crippen molar-refractivity contribution in [2.75, 3.05) is 19.2 Å². The van der Waals surface area contributed by atoms with Crippen LogP contribution in [0.3, 0.4) is 0 Å². The largest absolute Gasteiger partial charge is 0.505 e. The van der Waals surface area contributed by atoms with Crippen molar-refractivity contribution in [3.63, 3.8) is 0 Å². The third kappa shape index (κ3) is 4.90. The number of nitrogens with zero attached hydrogens (tertiary/aromatic N) is 2. The lowest BCUT2D eigenvalue weighted by Crippen LogP contribution is -2.41. The molecule has 0 radical (unpaired) electrons. The average molecular weight is 499 g/mol. The van der Waals surface area contributed by atoms with Gasteiger partial charge in [-0.1, -0.05) is 38.4 Å². The first kappa shape index (κ1) is 24.4. The number of carbonyl (C=O) groups excluding carboxylic acids is 1. The summed E-state index contributed by atoms with van der Waals surface area (Å²) < 4.78 is 43.0. The van der Waals surface area contributed by atoms with Crippen LogP contribution in [0.15, 0.2) is 39.1 Å². The van der Waals surface area contributed by atoms with Gasteiger partial charge < -0.3 is 30.5 Å². The van der Waals surface area contributed by atoms with Crippen molar-refractivity contribution in [2.24, 2.45) is 14.2 Å². The summed E-state index contributed by atoms with van der Waals surface area (Å²) in [5, 5.41) is 19.2. The molecule has 184 valence electrons. The second kappa shape index (κ2) is 8.80. The van der Waals surface area contributed by atoms with Gasteiger partial charge in [0.05, 0.1) is 17.3 Å². The lowest BCUT2D eigenvalue weighted by Gasteiger charge is -2.32. The maximum atomic E-state index is 12.3. The van der Waals surface area contributed by atoms with Gasteiger partial charge in [0.1, 0.15) is 7.85 Å². The van der Waals surface area contributed by atoms with Gasteiger partial charge in [0.15, 0.2) is 28.9 Å². The molecule has 1 atom stereocenters. The summed E-state index contributed by atoms with van der Waals surface area (Å²) in [5.41, 5.74) is 1.17. The summed E-state index contributed by atoms with van der Waals surface area (Å²) in [4.78, 5) is 12.2. The van der Waals surface area contributed by atoms with Gasteiger partial charge in [-0.15, -0.1) is 8.80 Å². The number of rotatable bonds is 4. The Morgan fingerprint density at radius 1 is 1.11 bits per heavy atom. The van der Waals surface area contributed by atoms with Crippen LogP contribution >= 0.6 is 0 Å². The van der Waals surface area contributed by atoms with Crippen molar-refractivity contribution in [3.8, 4) is 17.2 Å². The van der Waals surface area contributed by atoms with E-state index in [0.29, 0.717) is 17.0 Å². The minimum Gasteiger partial charge on any atom is -0.505 e. The van der Waals surface area contributed by atoms with E-state index in [2.05, 4.69) is 24.7 Å². The summed E-state index contributed by atoms with van der Waals surface area (Å²) in [6, 6.07) is 8.26. The number of phenolic OH excluding ortho intramolecular Hbond substituents is 1. The molecule has 0 saturated carbocycles. The zero-order chi connectivity index (χ0) is 25.5. The number of amides is 1. The second-order valence-electron chi connectivity index (χ2n) is 9.24. The molecular weight excluding hydrogens is 473 g/mol. The van der Waals surface area contributed by atoms with E-state index in [0.717, 1.165) is 5.56 Å². The summed E-state index contributed by atoms with van der Waals surface area (Å²) >= 11 is 0. The third-order valence-corrected chi connectivity index (χ3v) is 6.43. The molecule has 2 heterocycles. The number of hydrogen-bond donors (Lipinski definition) is 4. The van der Waals surface area contributed by atoms with Crippen LogP contribution in [0.4, 0.5) is 5.69 Å². The van der Waals surface area contributed by atoms with Crippen molar-refractivity contribution in [2.45, 2.75) is 26.8 Å². The van der Waals surface area contributed by atoms with Crippen LogP contribution in [0.25, 0.3) is 0 Å². The van der Waals surface area contributed by atoms with E-state index in [1.165, 1.54) is 13.1 Å². The second-order valence-corrected chi connectivity index (χ2v) is 10.5. The molecule has 4 N–H and O–H groups in total. The van der Waals surface area contributed by atoms with Crippen molar-refractivity contribution < 1.29 is 27.8 Å². The molecule has 0 unspecified atom stereocenters. The molecule has 0 aliphatic carbocycles. The Balaban J connectivity index is 1.68. The van der Waals surface area contributed by atoms with Gasteiger partial charge in [0, 0.05) is 7.05 Å². The average Bonchev–Trinajstić information content (AvgIpc) is 3.35. The monoisotopic (exact) mass is 499 g/mol. The van der Waals surface area contributed by atoms with Gasteiger partial charge in [-0.2, -0.15) is 8.42 Å². The first-order chi connectivity index (χ1) is 16.4. The van der Waals surface area contributed by atoms with E-state index >= 15 is 0 Å². The van der Waals surface area contributed by atoms with Crippen LogP contribution in [-0.4, -0.2) is 52.8 Å². The fourth-order valence-electron chi connectivity index (χ4n) is 3.88. The number of hydrogen-bond acceptors (Lipinski definition) is 8. The van der Waals surface area contributed by atoms with Crippen LogP contribution in [0.2, 0.25) is 0 Å². The highest BCUT2D eigenvalue weighted by molar-refractivity contribution is 7.89. The molecule has 0 saturated heterocycles. The first-order valence-corrected chi connectivity index (χ1v) is 12.2. The number of amidine groups is 2. The molecule has 13 heteroatoms. The Labute approximate surface area is 204 Å². The maximum absolute atomic E-state index is 12.3. The summed E-state index contributed by atoms with van der Waals surface area (Å²) in [7, 11) is -1.02. The van der Waals surface area contributed by atoms with Gasteiger partial charge in [0.25, 0.3) is 5.91 Å². The summed E-state index contributed by atoms with van der Waals surface area (Å²) in [6.45, 7) is 6.11. The number of fused-ring (bicyclic) bond motifs is 1. The lowest BCUT2D eigenvalue weighted by molar-refractivity contribution is 0.0961. The molecular formula is C22H26BN5O6S. The molecule has 2 aromatic rings. The third-order valence-electron chi connectivity index (χ3n) is 5.61. The zero-order valence-corrected chi connectivity index (χ0v) is 20.8. The van der Waals surface area contributed by atoms with Gasteiger partial charge >= 0.3 is 10.2 Å². The van der Waals surface area contributed by atoms with Crippen molar-refractivity contribution in [3.05, 3.63) is 41.5 Å². The predicted molar refractivity (Wildman–Crippen MR) is 135 cm³/mol. The van der Waals surface area contributed by atoms with Gasteiger partial charge in [-0.05, 0) is 29.2 Å². The molecule has 0 bridgehead atoms. The highest BCUT2D eigenvalue weighted by Gasteiger charge is 2.33. The predicted octanol–water partition coefficient (Wildman–Crippen LogP) is 0.583. The fourth-order valence-corrected chi connectivity index (χ4v) is 4.65. The maximum Gasteiger partial charge on any atom is 0.367 e. The Hall–Kier alpha value is -3.74. The van der Waals surface area contributed by atoms with Gasteiger partial charge in [-0.25, -0.2) is 0 Å². The van der Waals surface area contributed by atoms with E-state index in [9.17, 15) is 18.3 Å². The molecule has 2 aliphatic heterocycles. The molecule has 0 fully saturated rings.